The van der Waals surface area contributed by atoms with Crippen LogP contribution in [-0.4, -0.2) is 60.4 Å². The third-order valence-electron chi connectivity index (χ3n) is 4.39. The lowest BCUT2D eigenvalue weighted by Gasteiger charge is -2.35. The van der Waals surface area contributed by atoms with Gasteiger partial charge in [-0.15, -0.1) is 10.2 Å². The Morgan fingerprint density at radius 3 is 2.56 bits per heavy atom. The smallest absolute Gasteiger partial charge is 0.260 e. The molecular weight excluding hydrogens is 344 g/mol. The summed E-state index contributed by atoms with van der Waals surface area (Å²) in [5.74, 6) is 2.08. The van der Waals surface area contributed by atoms with Gasteiger partial charge in [-0.25, -0.2) is 0 Å². The molecule has 0 N–H and O–H groups in total. The number of anilines is 1. The third-order valence-corrected chi connectivity index (χ3v) is 4.39. The summed E-state index contributed by atoms with van der Waals surface area (Å²) in [6.07, 6.45) is 0.938. The summed E-state index contributed by atoms with van der Waals surface area (Å²) in [5.41, 5.74) is 1.11. The van der Waals surface area contributed by atoms with Crippen LogP contribution in [0.3, 0.4) is 0 Å². The van der Waals surface area contributed by atoms with Gasteiger partial charge in [0.2, 0.25) is 5.88 Å². The minimum absolute atomic E-state index is 0.00514. The lowest BCUT2D eigenvalue weighted by molar-refractivity contribution is -0.133. The van der Waals surface area contributed by atoms with Crippen LogP contribution < -0.4 is 14.4 Å². The van der Waals surface area contributed by atoms with Crippen LogP contribution in [0, 0.1) is 6.92 Å². The Labute approximate surface area is 159 Å². The molecule has 0 radical (unpaired) electrons. The van der Waals surface area contributed by atoms with Gasteiger partial charge in [-0.1, -0.05) is 19.1 Å². The Morgan fingerprint density at radius 1 is 1.07 bits per heavy atom. The Kier molecular flexibility index (Phi) is 6.46. The summed E-state index contributed by atoms with van der Waals surface area (Å²) >= 11 is 0. The molecule has 0 aliphatic carbocycles. The fourth-order valence-electron chi connectivity index (χ4n) is 2.89. The fourth-order valence-corrected chi connectivity index (χ4v) is 2.89. The molecule has 7 nitrogen and oxygen atoms in total. The molecule has 0 atom stereocenters. The van der Waals surface area contributed by atoms with Crippen LogP contribution >= 0.6 is 0 Å². The summed E-state index contributed by atoms with van der Waals surface area (Å²) in [4.78, 5) is 16.3. The molecule has 1 aliphatic rings. The molecule has 2 aromatic rings. The van der Waals surface area contributed by atoms with Crippen LogP contribution in [0.15, 0.2) is 36.4 Å². The van der Waals surface area contributed by atoms with Gasteiger partial charge in [0.25, 0.3) is 5.91 Å². The molecule has 1 aliphatic heterocycles. The van der Waals surface area contributed by atoms with E-state index in [1.54, 1.807) is 0 Å². The Balaban J connectivity index is 1.46. The number of carbonyl (C=O) groups is 1. The third kappa shape index (κ3) is 5.32. The number of hydrogen-bond acceptors (Lipinski definition) is 6. The van der Waals surface area contributed by atoms with Crippen LogP contribution in [-0.2, 0) is 4.79 Å². The summed E-state index contributed by atoms with van der Waals surface area (Å²) < 4.78 is 11.1. The molecule has 0 bridgehead atoms. The largest absolute Gasteiger partial charge is 0.484 e. The second-order valence-corrected chi connectivity index (χ2v) is 6.55. The lowest BCUT2D eigenvalue weighted by atomic mass is 10.2. The number of ether oxygens (including phenoxy) is 2. The summed E-state index contributed by atoms with van der Waals surface area (Å²) in [6.45, 7) is 7.48. The van der Waals surface area contributed by atoms with Crippen molar-refractivity contribution in [3.05, 3.63) is 42.0 Å². The average molecular weight is 370 g/mol. The number of amides is 1. The fraction of sp³-hybridized carbons (Fsp3) is 0.450. The van der Waals surface area contributed by atoms with Crippen molar-refractivity contribution >= 4 is 11.7 Å². The molecule has 3 rings (SSSR count). The van der Waals surface area contributed by atoms with Gasteiger partial charge in [0.1, 0.15) is 5.75 Å². The molecule has 27 heavy (non-hydrogen) atoms. The maximum absolute atomic E-state index is 12.4. The predicted molar refractivity (Wildman–Crippen MR) is 103 cm³/mol. The van der Waals surface area contributed by atoms with E-state index in [0.29, 0.717) is 25.6 Å². The normalized spacial score (nSPS) is 14.1. The minimum atomic E-state index is 0.00514. The van der Waals surface area contributed by atoms with Gasteiger partial charge in [-0.2, -0.15) is 0 Å². The lowest BCUT2D eigenvalue weighted by Crippen LogP contribution is -2.50. The van der Waals surface area contributed by atoms with Crippen molar-refractivity contribution in [1.29, 1.82) is 0 Å². The molecule has 144 valence electrons. The van der Waals surface area contributed by atoms with E-state index in [0.717, 1.165) is 36.6 Å². The van der Waals surface area contributed by atoms with Crippen LogP contribution in [0.5, 0.6) is 11.6 Å². The summed E-state index contributed by atoms with van der Waals surface area (Å²) in [6, 6.07) is 11.5. The second kappa shape index (κ2) is 9.21. The molecular formula is C20H26N4O3. The molecule has 7 heteroatoms. The zero-order chi connectivity index (χ0) is 19.1. The van der Waals surface area contributed by atoms with Gasteiger partial charge in [0.15, 0.2) is 12.4 Å². The quantitative estimate of drug-likeness (QED) is 0.745. The van der Waals surface area contributed by atoms with Gasteiger partial charge >= 0.3 is 0 Å². The van der Waals surface area contributed by atoms with Crippen LogP contribution in [0.25, 0.3) is 0 Å². The minimum Gasteiger partial charge on any atom is -0.484 e. The number of nitrogens with zero attached hydrogens (tertiary/aromatic N) is 4. The van der Waals surface area contributed by atoms with Crippen molar-refractivity contribution in [2.45, 2.75) is 20.3 Å². The molecule has 1 aromatic heterocycles. The zero-order valence-electron chi connectivity index (χ0n) is 15.9. The van der Waals surface area contributed by atoms with Crippen LogP contribution in [0.2, 0.25) is 0 Å². The highest BCUT2D eigenvalue weighted by Crippen LogP contribution is 2.16. The maximum atomic E-state index is 12.4. The molecule has 2 heterocycles. The van der Waals surface area contributed by atoms with E-state index in [-0.39, 0.29) is 12.5 Å². The number of benzene rings is 1. The monoisotopic (exact) mass is 370 g/mol. The molecule has 1 aromatic carbocycles. The van der Waals surface area contributed by atoms with Crippen molar-refractivity contribution in [3.63, 3.8) is 0 Å². The highest BCUT2D eigenvalue weighted by molar-refractivity contribution is 5.78. The first kappa shape index (κ1) is 18.9. The predicted octanol–water partition coefficient (Wildman–Crippen LogP) is 2.30. The van der Waals surface area contributed by atoms with Crippen molar-refractivity contribution in [2.75, 3.05) is 44.3 Å². The molecule has 1 amide bonds. The topological polar surface area (TPSA) is 67.8 Å². The SMILES string of the molecule is CCCOc1ccc(N2CCN(C(=O)COc3cccc(C)c3)CC2)nn1. The Bertz CT molecular complexity index is 743. The number of carbonyl (C=O) groups excluding carboxylic acids is 1. The van der Waals surface area contributed by atoms with Gasteiger partial charge in [-0.05, 0) is 37.1 Å². The highest BCUT2D eigenvalue weighted by Gasteiger charge is 2.22. The first-order valence-electron chi connectivity index (χ1n) is 9.34. The van der Waals surface area contributed by atoms with Crippen molar-refractivity contribution in [1.82, 2.24) is 15.1 Å². The summed E-state index contributed by atoms with van der Waals surface area (Å²) in [5, 5.41) is 8.33. The average Bonchev–Trinajstić information content (AvgIpc) is 2.71. The number of aromatic nitrogens is 2. The molecule has 0 unspecified atom stereocenters. The summed E-state index contributed by atoms with van der Waals surface area (Å²) in [7, 11) is 0. The standard InChI is InChI=1S/C20H26N4O3/c1-3-13-26-19-8-7-18(21-22-19)23-9-11-24(12-10-23)20(25)15-27-17-6-4-5-16(2)14-17/h4-8,14H,3,9-13,15H2,1-2H3. The Morgan fingerprint density at radius 2 is 1.89 bits per heavy atom. The molecule has 0 spiro atoms. The van der Waals surface area contributed by atoms with E-state index >= 15 is 0 Å². The molecule has 1 saturated heterocycles. The zero-order valence-corrected chi connectivity index (χ0v) is 15.9. The van der Waals surface area contributed by atoms with Crippen molar-refractivity contribution in [3.8, 4) is 11.6 Å². The van der Waals surface area contributed by atoms with E-state index in [2.05, 4.69) is 22.0 Å². The van der Waals surface area contributed by atoms with E-state index in [1.165, 1.54) is 0 Å². The van der Waals surface area contributed by atoms with Crippen LogP contribution in [0.1, 0.15) is 18.9 Å². The van der Waals surface area contributed by atoms with E-state index in [9.17, 15) is 4.79 Å². The van der Waals surface area contributed by atoms with Crippen molar-refractivity contribution in [2.24, 2.45) is 0 Å². The van der Waals surface area contributed by atoms with Gasteiger partial charge in [0.05, 0.1) is 6.61 Å². The molecule has 0 saturated carbocycles. The maximum Gasteiger partial charge on any atom is 0.260 e. The van der Waals surface area contributed by atoms with Crippen LogP contribution in [0.4, 0.5) is 5.82 Å². The molecule has 1 fully saturated rings. The first-order valence-corrected chi connectivity index (χ1v) is 9.34. The Hall–Kier alpha value is -2.83. The van der Waals surface area contributed by atoms with E-state index in [1.807, 2.05) is 48.2 Å². The van der Waals surface area contributed by atoms with Gasteiger partial charge < -0.3 is 19.3 Å². The number of rotatable bonds is 7. The van der Waals surface area contributed by atoms with Gasteiger partial charge in [0, 0.05) is 32.2 Å². The van der Waals surface area contributed by atoms with E-state index in [4.69, 9.17) is 9.47 Å². The second-order valence-electron chi connectivity index (χ2n) is 6.55. The number of piperazine rings is 1. The van der Waals surface area contributed by atoms with E-state index < -0.39 is 0 Å². The number of hydrogen-bond donors (Lipinski definition) is 0. The van der Waals surface area contributed by atoms with Crippen molar-refractivity contribution < 1.29 is 14.3 Å². The van der Waals surface area contributed by atoms with Gasteiger partial charge in [-0.3, -0.25) is 4.79 Å². The first-order chi connectivity index (χ1) is 13.2. The highest BCUT2D eigenvalue weighted by atomic mass is 16.5. The number of aryl methyl sites for hydroxylation is 1.